The van der Waals surface area contributed by atoms with E-state index in [2.05, 4.69) is 20.9 Å². The molecule has 0 atom stereocenters. The summed E-state index contributed by atoms with van der Waals surface area (Å²) in [5.74, 6) is 0.976. The van der Waals surface area contributed by atoms with Gasteiger partial charge in [-0.05, 0) is 36.4 Å². The fourth-order valence-electron chi connectivity index (χ4n) is 2.53. The Morgan fingerprint density at radius 2 is 1.62 bits per heavy atom. The second-order valence-corrected chi connectivity index (χ2v) is 5.08. The summed E-state index contributed by atoms with van der Waals surface area (Å²) in [5, 5.41) is 8.83. The van der Waals surface area contributed by atoms with Crippen molar-refractivity contribution in [3.63, 3.8) is 0 Å². The molecule has 5 heteroatoms. The average Bonchev–Trinajstić information content (AvgIpc) is 2.56. The van der Waals surface area contributed by atoms with Crippen molar-refractivity contribution in [2.24, 2.45) is 0 Å². The predicted molar refractivity (Wildman–Crippen MR) is 84.2 cm³/mol. The van der Waals surface area contributed by atoms with Crippen molar-refractivity contribution in [3.05, 3.63) is 48.2 Å². The quantitative estimate of drug-likeness (QED) is 0.908. The molecular weight excluding hydrogens is 262 g/mol. The standard InChI is InChI=1S/C16H17N5/c17-11-13-1-4-15(5-2-13)20-7-9-21(10-8-20)16-6-3-14(18)12-19-16/h1-6,12H,7-10,18H2. The summed E-state index contributed by atoms with van der Waals surface area (Å²) in [6.07, 6.45) is 1.70. The maximum absolute atomic E-state index is 8.83. The minimum atomic E-state index is 0.690. The number of nitrogens with two attached hydrogens (primary N) is 1. The predicted octanol–water partition coefficient (Wildman–Crippen LogP) is 1.86. The molecule has 21 heavy (non-hydrogen) atoms. The maximum atomic E-state index is 8.83. The highest BCUT2D eigenvalue weighted by Crippen LogP contribution is 2.20. The van der Waals surface area contributed by atoms with Crippen LogP contribution < -0.4 is 15.5 Å². The molecule has 0 radical (unpaired) electrons. The third-order valence-corrected chi connectivity index (χ3v) is 3.74. The van der Waals surface area contributed by atoms with Gasteiger partial charge in [0.1, 0.15) is 5.82 Å². The van der Waals surface area contributed by atoms with Crippen LogP contribution in [-0.2, 0) is 0 Å². The molecule has 0 bridgehead atoms. The Morgan fingerprint density at radius 3 is 2.19 bits per heavy atom. The molecule has 0 spiro atoms. The highest BCUT2D eigenvalue weighted by atomic mass is 15.3. The molecule has 0 amide bonds. The van der Waals surface area contributed by atoms with Gasteiger partial charge in [0.15, 0.2) is 0 Å². The van der Waals surface area contributed by atoms with E-state index in [9.17, 15) is 0 Å². The van der Waals surface area contributed by atoms with Crippen LogP contribution in [0.5, 0.6) is 0 Å². The van der Waals surface area contributed by atoms with Gasteiger partial charge >= 0.3 is 0 Å². The first-order chi connectivity index (χ1) is 10.3. The van der Waals surface area contributed by atoms with Gasteiger partial charge in [0.05, 0.1) is 23.5 Å². The van der Waals surface area contributed by atoms with E-state index in [4.69, 9.17) is 11.0 Å². The highest BCUT2D eigenvalue weighted by molar-refractivity contribution is 5.52. The minimum absolute atomic E-state index is 0.690. The van der Waals surface area contributed by atoms with Gasteiger partial charge in [0.25, 0.3) is 0 Å². The minimum Gasteiger partial charge on any atom is -0.397 e. The molecule has 0 unspecified atom stereocenters. The molecule has 106 valence electrons. The molecule has 1 aliphatic rings. The monoisotopic (exact) mass is 279 g/mol. The number of nitrogen functional groups attached to an aromatic ring is 1. The molecule has 1 aromatic carbocycles. The third kappa shape index (κ3) is 2.90. The van der Waals surface area contributed by atoms with Gasteiger partial charge in [-0.1, -0.05) is 0 Å². The van der Waals surface area contributed by atoms with Crippen LogP contribution in [0.25, 0.3) is 0 Å². The van der Waals surface area contributed by atoms with Gasteiger partial charge in [-0.2, -0.15) is 5.26 Å². The number of aromatic nitrogens is 1. The lowest BCUT2D eigenvalue weighted by Crippen LogP contribution is -2.46. The van der Waals surface area contributed by atoms with E-state index in [1.807, 2.05) is 36.4 Å². The van der Waals surface area contributed by atoms with Gasteiger partial charge in [0, 0.05) is 31.9 Å². The largest absolute Gasteiger partial charge is 0.397 e. The zero-order valence-corrected chi connectivity index (χ0v) is 11.7. The van der Waals surface area contributed by atoms with Crippen molar-refractivity contribution >= 4 is 17.2 Å². The van der Waals surface area contributed by atoms with Crippen molar-refractivity contribution in [2.45, 2.75) is 0 Å². The lowest BCUT2D eigenvalue weighted by Gasteiger charge is -2.36. The van der Waals surface area contributed by atoms with E-state index < -0.39 is 0 Å². The van der Waals surface area contributed by atoms with Crippen molar-refractivity contribution < 1.29 is 0 Å². The normalized spacial score (nSPS) is 14.8. The van der Waals surface area contributed by atoms with E-state index in [1.54, 1.807) is 6.20 Å². The maximum Gasteiger partial charge on any atom is 0.128 e. The molecule has 1 aromatic heterocycles. The summed E-state index contributed by atoms with van der Waals surface area (Å²) in [5.41, 5.74) is 8.22. The first-order valence-corrected chi connectivity index (χ1v) is 6.98. The van der Waals surface area contributed by atoms with Crippen LogP contribution in [0.3, 0.4) is 0 Å². The summed E-state index contributed by atoms with van der Waals surface area (Å²) in [7, 11) is 0. The number of pyridine rings is 1. The Bertz CT molecular complexity index is 634. The Hall–Kier alpha value is -2.74. The number of benzene rings is 1. The van der Waals surface area contributed by atoms with Crippen LogP contribution in [0.1, 0.15) is 5.56 Å². The molecule has 1 fully saturated rings. The zero-order valence-electron chi connectivity index (χ0n) is 11.7. The van der Waals surface area contributed by atoms with Crippen LogP contribution in [0, 0.1) is 11.3 Å². The van der Waals surface area contributed by atoms with Crippen LogP contribution in [0.15, 0.2) is 42.6 Å². The number of piperazine rings is 1. The Balaban J connectivity index is 1.64. The summed E-state index contributed by atoms with van der Waals surface area (Å²) < 4.78 is 0. The first kappa shape index (κ1) is 13.3. The summed E-state index contributed by atoms with van der Waals surface area (Å²) in [6.45, 7) is 3.74. The molecule has 0 saturated carbocycles. The van der Waals surface area contributed by atoms with Gasteiger partial charge in [0.2, 0.25) is 0 Å². The second kappa shape index (κ2) is 5.71. The van der Waals surface area contributed by atoms with E-state index >= 15 is 0 Å². The number of rotatable bonds is 2. The molecule has 5 nitrogen and oxygen atoms in total. The van der Waals surface area contributed by atoms with E-state index in [-0.39, 0.29) is 0 Å². The summed E-state index contributed by atoms with van der Waals surface area (Å²) in [6, 6.07) is 13.7. The summed E-state index contributed by atoms with van der Waals surface area (Å²) in [4.78, 5) is 8.96. The second-order valence-electron chi connectivity index (χ2n) is 5.08. The van der Waals surface area contributed by atoms with Crippen LogP contribution in [0.4, 0.5) is 17.2 Å². The fraction of sp³-hybridized carbons (Fsp3) is 0.250. The highest BCUT2D eigenvalue weighted by Gasteiger charge is 2.18. The fourth-order valence-corrected chi connectivity index (χ4v) is 2.53. The zero-order chi connectivity index (χ0) is 14.7. The SMILES string of the molecule is N#Cc1ccc(N2CCN(c3ccc(N)cn3)CC2)cc1. The molecule has 1 aliphatic heterocycles. The molecule has 2 N–H and O–H groups in total. The smallest absolute Gasteiger partial charge is 0.128 e. The van der Waals surface area contributed by atoms with Crippen molar-refractivity contribution in [3.8, 4) is 6.07 Å². The van der Waals surface area contributed by atoms with E-state index in [0.29, 0.717) is 11.3 Å². The third-order valence-electron chi connectivity index (χ3n) is 3.74. The van der Waals surface area contributed by atoms with E-state index in [1.165, 1.54) is 5.69 Å². The number of nitrogens with zero attached hydrogens (tertiary/aromatic N) is 4. The number of hydrogen-bond donors (Lipinski definition) is 1. The number of hydrogen-bond acceptors (Lipinski definition) is 5. The number of anilines is 3. The Kier molecular flexibility index (Phi) is 3.61. The molecule has 1 saturated heterocycles. The van der Waals surface area contributed by atoms with Gasteiger partial charge in [-0.3, -0.25) is 0 Å². The molecule has 0 aliphatic carbocycles. The topological polar surface area (TPSA) is 69.2 Å². The lowest BCUT2D eigenvalue weighted by molar-refractivity contribution is 0.647. The van der Waals surface area contributed by atoms with Crippen LogP contribution in [0.2, 0.25) is 0 Å². The van der Waals surface area contributed by atoms with E-state index in [0.717, 1.165) is 32.0 Å². The Labute approximate surface area is 124 Å². The molecular formula is C16H17N5. The molecule has 2 aromatic rings. The molecule has 3 rings (SSSR count). The first-order valence-electron chi connectivity index (χ1n) is 6.98. The molecule has 2 heterocycles. The van der Waals surface area contributed by atoms with Crippen molar-refractivity contribution in [1.82, 2.24) is 4.98 Å². The van der Waals surface area contributed by atoms with Gasteiger partial charge in [-0.25, -0.2) is 4.98 Å². The Morgan fingerprint density at radius 1 is 0.952 bits per heavy atom. The van der Waals surface area contributed by atoms with Crippen molar-refractivity contribution in [1.29, 1.82) is 5.26 Å². The number of nitriles is 1. The lowest BCUT2D eigenvalue weighted by atomic mass is 10.2. The van der Waals surface area contributed by atoms with Gasteiger partial charge in [-0.15, -0.1) is 0 Å². The van der Waals surface area contributed by atoms with Crippen LogP contribution in [-0.4, -0.2) is 31.2 Å². The average molecular weight is 279 g/mol. The van der Waals surface area contributed by atoms with Crippen molar-refractivity contribution in [2.75, 3.05) is 41.7 Å². The van der Waals surface area contributed by atoms with Crippen LogP contribution >= 0.6 is 0 Å². The van der Waals surface area contributed by atoms with Gasteiger partial charge < -0.3 is 15.5 Å². The summed E-state index contributed by atoms with van der Waals surface area (Å²) >= 11 is 0.